The van der Waals surface area contributed by atoms with E-state index >= 15 is 4.79 Å². The molecule has 446 valence electrons. The van der Waals surface area contributed by atoms with Gasteiger partial charge in [0.15, 0.2) is 0 Å². The van der Waals surface area contributed by atoms with E-state index in [9.17, 15) is 32.4 Å². The number of rotatable bonds is 26. The molecule has 6 amide bonds. The topological polar surface area (TPSA) is 265 Å². The van der Waals surface area contributed by atoms with E-state index in [-0.39, 0.29) is 38.7 Å². The Hall–Kier alpha value is -4.47. The Morgan fingerprint density at radius 1 is 0.461 bits per heavy atom. The predicted octanol–water partition coefficient (Wildman–Crippen LogP) is 11.4. The van der Waals surface area contributed by atoms with Crippen LogP contribution in [0.1, 0.15) is 223 Å². The van der Waals surface area contributed by atoms with E-state index in [4.69, 9.17) is 32.6 Å². The van der Waals surface area contributed by atoms with Gasteiger partial charge in [-0.05, 0) is 163 Å². The molecule has 0 aromatic heterocycles. The highest BCUT2D eigenvalue weighted by molar-refractivity contribution is 7.85. The van der Waals surface area contributed by atoms with Crippen molar-refractivity contribution in [3.63, 3.8) is 0 Å². The van der Waals surface area contributed by atoms with E-state index < -0.39 is 122 Å². The number of nitrogens with one attached hydrogen (secondary N) is 5. The molecule has 0 spiro atoms. The zero-order valence-corrected chi connectivity index (χ0v) is 51.8. The summed E-state index contributed by atoms with van der Waals surface area (Å²) < 4.78 is 64.6. The molecule has 22 heteroatoms. The molecular formula is C54H104N6O15S. The summed E-state index contributed by atoms with van der Waals surface area (Å²) in [5.41, 5.74) is -9.98. The predicted molar refractivity (Wildman–Crippen MR) is 294 cm³/mol. The average molecular weight is 1110 g/mol. The largest absolute Gasteiger partial charge is 0.444 e. The van der Waals surface area contributed by atoms with Crippen LogP contribution in [0.15, 0.2) is 0 Å². The summed E-state index contributed by atoms with van der Waals surface area (Å²) in [6.45, 7) is 37.3. The van der Waals surface area contributed by atoms with Crippen LogP contribution in [0.2, 0.25) is 0 Å². The smallest absolute Gasteiger partial charge is 0.412 e. The lowest BCUT2D eigenvalue weighted by atomic mass is 9.67. The molecule has 0 rings (SSSR count). The molecule has 0 aromatic carbocycles. The summed E-state index contributed by atoms with van der Waals surface area (Å²) in [6, 6.07) is -3.40. The van der Waals surface area contributed by atoms with Crippen LogP contribution in [0, 0.1) is 5.92 Å². The molecule has 0 aromatic rings. The minimum atomic E-state index is -3.71. The number of hydrogen-bond donors (Lipinski definition) is 5. The Labute approximate surface area is 457 Å². The van der Waals surface area contributed by atoms with E-state index in [2.05, 4.69) is 26.6 Å². The SMILES string of the molecule is CCCC(NC(=O)OC(C)(C)C)C(NC(=O)OC(C)(C)C)(C(CCCCCCOS(C)(=O)=O)CN(C(=O)OC(C)(C)C)C(CCC)(NC(=O)OC(C)(C)C)C(CC)NC(=O)OC(C)(C)C)C(CC)NC(=O)OC(C)(C)C. The average Bonchev–Trinajstić information content (AvgIpc) is 3.17. The minimum Gasteiger partial charge on any atom is -0.444 e. The maximum atomic E-state index is 15.7. The van der Waals surface area contributed by atoms with Crippen molar-refractivity contribution in [1.82, 2.24) is 31.5 Å². The monoisotopic (exact) mass is 1110 g/mol. The third-order valence-electron chi connectivity index (χ3n) is 11.2. The van der Waals surface area contributed by atoms with Gasteiger partial charge in [0.1, 0.15) is 39.3 Å². The Morgan fingerprint density at radius 2 is 0.842 bits per heavy atom. The van der Waals surface area contributed by atoms with Crippen LogP contribution in [-0.2, 0) is 42.7 Å². The summed E-state index contributed by atoms with van der Waals surface area (Å²) in [4.78, 5) is 89.1. The van der Waals surface area contributed by atoms with Crippen molar-refractivity contribution in [2.75, 3.05) is 19.4 Å². The quantitative estimate of drug-likeness (QED) is 0.0233. The van der Waals surface area contributed by atoms with Crippen LogP contribution in [0.3, 0.4) is 0 Å². The van der Waals surface area contributed by atoms with Crippen molar-refractivity contribution in [3.8, 4) is 0 Å². The first-order valence-corrected chi connectivity index (χ1v) is 28.9. The fraction of sp³-hybridized carbons (Fsp3) is 0.889. The number of amides is 6. The molecule has 0 radical (unpaired) electrons. The lowest BCUT2D eigenvalue weighted by Gasteiger charge is -2.55. The summed E-state index contributed by atoms with van der Waals surface area (Å²) in [7, 11) is -3.71. The molecule has 76 heavy (non-hydrogen) atoms. The van der Waals surface area contributed by atoms with Gasteiger partial charge in [-0.2, -0.15) is 8.42 Å². The molecule has 5 N–H and O–H groups in total. The second-order valence-electron chi connectivity index (χ2n) is 25.6. The molecule has 0 aliphatic rings. The lowest BCUT2D eigenvalue weighted by Crippen LogP contribution is -2.78. The van der Waals surface area contributed by atoms with Gasteiger partial charge in [0.05, 0.1) is 36.5 Å². The first-order chi connectivity index (χ1) is 34.3. The van der Waals surface area contributed by atoms with Crippen LogP contribution < -0.4 is 26.6 Å². The Morgan fingerprint density at radius 3 is 1.22 bits per heavy atom. The first kappa shape index (κ1) is 71.5. The van der Waals surface area contributed by atoms with E-state index in [1.54, 1.807) is 138 Å². The molecule has 6 unspecified atom stereocenters. The van der Waals surface area contributed by atoms with Crippen LogP contribution in [0.25, 0.3) is 0 Å². The number of nitrogens with zero attached hydrogens (tertiary/aromatic N) is 1. The fourth-order valence-corrected chi connectivity index (χ4v) is 9.23. The third-order valence-corrected chi connectivity index (χ3v) is 11.8. The Kier molecular flexibility index (Phi) is 27.8. The van der Waals surface area contributed by atoms with Gasteiger partial charge in [-0.1, -0.05) is 59.8 Å². The fourth-order valence-electron chi connectivity index (χ4n) is 8.81. The normalized spacial score (nSPS) is 15.9. The number of carbonyl (C=O) groups is 6. The summed E-state index contributed by atoms with van der Waals surface area (Å²) in [5, 5.41) is 15.4. The zero-order chi connectivity index (χ0) is 59.5. The Bertz CT molecular complexity index is 1960. The summed E-state index contributed by atoms with van der Waals surface area (Å²) in [6.07, 6.45) is -1.52. The molecule has 0 aliphatic carbocycles. The van der Waals surface area contributed by atoms with Crippen molar-refractivity contribution in [3.05, 3.63) is 0 Å². The van der Waals surface area contributed by atoms with Gasteiger partial charge in [-0.25, -0.2) is 28.8 Å². The molecular weight excluding hydrogens is 1000 g/mol. The second kappa shape index (κ2) is 29.5. The van der Waals surface area contributed by atoms with Crippen LogP contribution in [-0.4, -0.2) is 132 Å². The van der Waals surface area contributed by atoms with Gasteiger partial charge in [-0.15, -0.1) is 0 Å². The minimum absolute atomic E-state index is 0.0126. The van der Waals surface area contributed by atoms with E-state index in [1.165, 1.54) is 4.90 Å². The highest BCUT2D eigenvalue weighted by atomic mass is 32.2. The van der Waals surface area contributed by atoms with Crippen molar-refractivity contribution < 1.29 is 69.8 Å². The summed E-state index contributed by atoms with van der Waals surface area (Å²) in [5.74, 6) is -1.07. The van der Waals surface area contributed by atoms with Gasteiger partial charge in [0, 0.05) is 12.5 Å². The van der Waals surface area contributed by atoms with E-state index in [0.717, 1.165) is 6.26 Å². The number of alkyl carbamates (subject to hydrolysis) is 5. The van der Waals surface area contributed by atoms with Crippen molar-refractivity contribution >= 4 is 46.7 Å². The molecule has 21 nitrogen and oxygen atoms in total. The van der Waals surface area contributed by atoms with Crippen LogP contribution >= 0.6 is 0 Å². The van der Waals surface area contributed by atoms with Crippen molar-refractivity contribution in [2.24, 2.45) is 5.92 Å². The molecule has 0 heterocycles. The highest BCUT2D eigenvalue weighted by Crippen LogP contribution is 2.39. The Balaban J connectivity index is 9.65. The van der Waals surface area contributed by atoms with Crippen molar-refractivity contribution in [2.45, 2.75) is 286 Å². The number of carbonyl (C=O) groups excluding carboxylic acids is 6. The van der Waals surface area contributed by atoms with E-state index in [1.807, 2.05) is 13.8 Å². The third kappa shape index (κ3) is 28.2. The van der Waals surface area contributed by atoms with Crippen molar-refractivity contribution in [1.29, 1.82) is 0 Å². The molecule has 0 saturated carbocycles. The van der Waals surface area contributed by atoms with Gasteiger partial charge >= 0.3 is 36.6 Å². The molecule has 6 atom stereocenters. The van der Waals surface area contributed by atoms with Gasteiger partial charge < -0.3 is 49.7 Å². The van der Waals surface area contributed by atoms with Gasteiger partial charge in [0.2, 0.25) is 0 Å². The standard InChI is InChI=1S/C54H104N6O15S/c1-24-32-40(57-43(63)72-49(11,12)13)54(59-45(65)74-51(17,18)19,39(27-4)56-42(62)71-48(8,9)10)37(33-30-28-29-31-35-69-76(23,67)68)36-60(46(66)75-52(20,21)22)53(34-25-2,58-44(64)73-50(14,15)16)38(26-3)55-41(61)70-47(5,6)7/h37-40H,24-36H2,1-23H3,(H,55,61)(H,56,62)(H,57,63)(H,58,64)(H,59,65). The lowest BCUT2D eigenvalue weighted by molar-refractivity contribution is -0.0534. The van der Waals surface area contributed by atoms with Gasteiger partial charge in [0.25, 0.3) is 10.1 Å². The van der Waals surface area contributed by atoms with Gasteiger partial charge in [-0.3, -0.25) is 14.4 Å². The van der Waals surface area contributed by atoms with Crippen LogP contribution in [0.4, 0.5) is 28.8 Å². The molecule has 0 fully saturated rings. The molecule has 0 aliphatic heterocycles. The number of unbranched alkanes of at least 4 members (excludes halogenated alkanes) is 3. The maximum absolute atomic E-state index is 15.7. The van der Waals surface area contributed by atoms with Crippen LogP contribution in [0.5, 0.6) is 0 Å². The van der Waals surface area contributed by atoms with E-state index in [0.29, 0.717) is 38.5 Å². The second-order valence-corrected chi connectivity index (χ2v) is 27.2. The molecule has 0 saturated heterocycles. The molecule has 0 bridgehead atoms. The maximum Gasteiger partial charge on any atom is 0.412 e. The number of ether oxygens (including phenoxy) is 6. The number of hydrogen-bond acceptors (Lipinski definition) is 15. The highest BCUT2D eigenvalue weighted by Gasteiger charge is 2.57. The summed E-state index contributed by atoms with van der Waals surface area (Å²) >= 11 is 0. The first-order valence-electron chi connectivity index (χ1n) is 27.1. The zero-order valence-electron chi connectivity index (χ0n) is 51.0.